The van der Waals surface area contributed by atoms with Crippen molar-refractivity contribution in [2.75, 3.05) is 13.7 Å². The molecule has 5 heteroatoms. The van der Waals surface area contributed by atoms with Crippen LogP contribution in [0.15, 0.2) is 18.3 Å². The van der Waals surface area contributed by atoms with Gasteiger partial charge in [-0.3, -0.25) is 4.79 Å². The maximum absolute atomic E-state index is 10.8. The topological polar surface area (TPSA) is 54.1 Å². The molecule has 0 aliphatic heterocycles. The zero-order valence-corrected chi connectivity index (χ0v) is 11.1. The number of nitrogens with one attached hydrogen (secondary N) is 2. The third kappa shape index (κ3) is 2.59. The highest BCUT2D eigenvalue weighted by atomic mass is 35.5. The quantitative estimate of drug-likeness (QED) is 0.893. The van der Waals surface area contributed by atoms with Crippen LogP contribution in [0.25, 0.3) is 10.9 Å². The predicted octanol–water partition coefficient (Wildman–Crippen LogP) is 2.51. The van der Waals surface area contributed by atoms with Crippen molar-refractivity contribution in [1.82, 2.24) is 10.3 Å². The van der Waals surface area contributed by atoms with Crippen LogP contribution in [-0.2, 0) is 11.2 Å². The molecule has 18 heavy (non-hydrogen) atoms. The van der Waals surface area contributed by atoms with Gasteiger partial charge in [-0.1, -0.05) is 11.6 Å². The fourth-order valence-electron chi connectivity index (χ4n) is 1.92. The van der Waals surface area contributed by atoms with Gasteiger partial charge in [0.05, 0.1) is 17.6 Å². The van der Waals surface area contributed by atoms with E-state index < -0.39 is 0 Å². The Labute approximate surface area is 110 Å². The van der Waals surface area contributed by atoms with E-state index in [0.29, 0.717) is 11.6 Å². The van der Waals surface area contributed by atoms with Crippen LogP contribution in [0.2, 0.25) is 5.02 Å². The first-order chi connectivity index (χ1) is 8.61. The number of methoxy groups -OCH3 is 1. The van der Waals surface area contributed by atoms with E-state index >= 15 is 0 Å². The number of fused-ring (bicyclic) bond motifs is 1. The normalized spacial score (nSPS) is 10.6. The standard InChI is InChI=1S/C13H15ClN2O2/c1-8(17)15-4-3-9-7-16-13-11(9)5-10(18-2)6-12(13)14/h5-7,16H,3-4H2,1-2H3,(H,15,17). The molecule has 0 bridgehead atoms. The van der Waals surface area contributed by atoms with Crippen LogP contribution in [0.5, 0.6) is 5.75 Å². The molecule has 4 nitrogen and oxygen atoms in total. The summed E-state index contributed by atoms with van der Waals surface area (Å²) >= 11 is 6.16. The van der Waals surface area contributed by atoms with E-state index in [9.17, 15) is 4.79 Å². The summed E-state index contributed by atoms with van der Waals surface area (Å²) in [6.07, 6.45) is 2.67. The Hall–Kier alpha value is -1.68. The summed E-state index contributed by atoms with van der Waals surface area (Å²) in [5.41, 5.74) is 2.01. The fourth-order valence-corrected chi connectivity index (χ4v) is 2.18. The number of H-pyrrole nitrogens is 1. The van der Waals surface area contributed by atoms with Crippen molar-refractivity contribution >= 4 is 28.4 Å². The second kappa shape index (κ2) is 5.31. The number of halogens is 1. The van der Waals surface area contributed by atoms with E-state index in [0.717, 1.165) is 28.6 Å². The molecule has 0 fully saturated rings. The molecule has 96 valence electrons. The number of rotatable bonds is 4. The number of hydrogen-bond acceptors (Lipinski definition) is 2. The predicted molar refractivity (Wildman–Crippen MR) is 72.2 cm³/mol. The molecule has 0 saturated heterocycles. The van der Waals surface area contributed by atoms with Crippen molar-refractivity contribution < 1.29 is 9.53 Å². The molecule has 0 aliphatic rings. The highest BCUT2D eigenvalue weighted by molar-refractivity contribution is 6.35. The number of aromatic amines is 1. The Balaban J connectivity index is 2.28. The van der Waals surface area contributed by atoms with Crippen LogP contribution in [0.1, 0.15) is 12.5 Å². The average Bonchev–Trinajstić information content (AvgIpc) is 2.72. The largest absolute Gasteiger partial charge is 0.497 e. The van der Waals surface area contributed by atoms with Crippen molar-refractivity contribution in [3.05, 3.63) is 28.9 Å². The molecular formula is C13H15ClN2O2. The molecule has 0 spiro atoms. The van der Waals surface area contributed by atoms with Gasteiger partial charge in [0.25, 0.3) is 0 Å². The third-order valence-electron chi connectivity index (χ3n) is 2.80. The number of amides is 1. The lowest BCUT2D eigenvalue weighted by Crippen LogP contribution is -2.22. The van der Waals surface area contributed by atoms with Crippen molar-refractivity contribution in [2.45, 2.75) is 13.3 Å². The Kier molecular flexibility index (Phi) is 3.77. The molecule has 2 aromatic rings. The van der Waals surface area contributed by atoms with Gasteiger partial charge in [-0.25, -0.2) is 0 Å². The summed E-state index contributed by atoms with van der Waals surface area (Å²) in [5, 5.41) is 4.44. The second-order valence-corrected chi connectivity index (χ2v) is 4.49. The Morgan fingerprint density at radius 2 is 2.28 bits per heavy atom. The van der Waals surface area contributed by atoms with Crippen LogP contribution in [0.4, 0.5) is 0 Å². The molecule has 0 radical (unpaired) electrons. The minimum absolute atomic E-state index is 0.0227. The van der Waals surface area contributed by atoms with Gasteiger partial charge in [-0.05, 0) is 18.1 Å². The van der Waals surface area contributed by atoms with Gasteiger partial charge in [-0.2, -0.15) is 0 Å². The summed E-state index contributed by atoms with van der Waals surface area (Å²) in [5.74, 6) is 0.707. The summed E-state index contributed by atoms with van der Waals surface area (Å²) in [7, 11) is 1.61. The third-order valence-corrected chi connectivity index (χ3v) is 3.10. The van der Waals surface area contributed by atoms with Crippen LogP contribution in [0, 0.1) is 0 Å². The van der Waals surface area contributed by atoms with Crippen LogP contribution < -0.4 is 10.1 Å². The molecule has 1 amide bonds. The van der Waals surface area contributed by atoms with Crippen molar-refractivity contribution in [2.24, 2.45) is 0 Å². The molecule has 0 atom stereocenters. The molecule has 2 N–H and O–H groups in total. The molecule has 1 aromatic heterocycles. The van der Waals surface area contributed by atoms with E-state index in [4.69, 9.17) is 16.3 Å². The van der Waals surface area contributed by atoms with Crippen molar-refractivity contribution in [3.63, 3.8) is 0 Å². The Morgan fingerprint density at radius 3 is 2.94 bits per heavy atom. The Bertz CT molecular complexity index is 578. The van der Waals surface area contributed by atoms with E-state index in [1.807, 2.05) is 12.3 Å². The maximum Gasteiger partial charge on any atom is 0.216 e. The monoisotopic (exact) mass is 266 g/mol. The van der Waals surface area contributed by atoms with Gasteiger partial charge in [0.15, 0.2) is 0 Å². The number of carbonyl (C=O) groups excluding carboxylic acids is 1. The second-order valence-electron chi connectivity index (χ2n) is 4.08. The average molecular weight is 267 g/mol. The zero-order valence-electron chi connectivity index (χ0n) is 10.3. The van der Waals surface area contributed by atoms with E-state index in [2.05, 4.69) is 10.3 Å². The lowest BCUT2D eigenvalue weighted by atomic mass is 10.1. The first-order valence-corrected chi connectivity index (χ1v) is 6.07. The number of aromatic nitrogens is 1. The van der Waals surface area contributed by atoms with Gasteiger partial charge in [0.2, 0.25) is 5.91 Å². The first-order valence-electron chi connectivity index (χ1n) is 5.69. The van der Waals surface area contributed by atoms with Crippen LogP contribution >= 0.6 is 11.6 Å². The molecule has 1 aromatic carbocycles. The van der Waals surface area contributed by atoms with Crippen LogP contribution in [-0.4, -0.2) is 24.5 Å². The van der Waals surface area contributed by atoms with Crippen molar-refractivity contribution in [1.29, 1.82) is 0 Å². The Morgan fingerprint density at radius 1 is 1.50 bits per heavy atom. The van der Waals surface area contributed by atoms with Crippen LogP contribution in [0.3, 0.4) is 0 Å². The lowest BCUT2D eigenvalue weighted by Gasteiger charge is -2.04. The van der Waals surface area contributed by atoms with Crippen molar-refractivity contribution in [3.8, 4) is 5.75 Å². The molecule has 0 unspecified atom stereocenters. The number of hydrogen-bond donors (Lipinski definition) is 2. The molecule has 0 aliphatic carbocycles. The minimum atomic E-state index is -0.0227. The van der Waals surface area contributed by atoms with Gasteiger partial charge in [0.1, 0.15) is 5.75 Å². The summed E-state index contributed by atoms with van der Waals surface area (Å²) in [6.45, 7) is 2.12. The highest BCUT2D eigenvalue weighted by Crippen LogP contribution is 2.30. The molecule has 1 heterocycles. The van der Waals surface area contributed by atoms with Gasteiger partial charge < -0.3 is 15.0 Å². The summed E-state index contributed by atoms with van der Waals surface area (Å²) in [4.78, 5) is 14.0. The van der Waals surface area contributed by atoms with E-state index in [1.165, 1.54) is 6.92 Å². The number of benzene rings is 1. The lowest BCUT2D eigenvalue weighted by molar-refractivity contribution is -0.118. The van der Waals surface area contributed by atoms with Gasteiger partial charge in [0, 0.05) is 31.1 Å². The minimum Gasteiger partial charge on any atom is -0.497 e. The van der Waals surface area contributed by atoms with E-state index in [-0.39, 0.29) is 5.91 Å². The SMILES string of the molecule is COc1cc(Cl)c2[nH]cc(CCNC(C)=O)c2c1. The van der Waals surface area contributed by atoms with Gasteiger partial charge in [-0.15, -0.1) is 0 Å². The molecule has 0 saturated carbocycles. The van der Waals surface area contributed by atoms with Gasteiger partial charge >= 0.3 is 0 Å². The molecular weight excluding hydrogens is 252 g/mol. The molecule has 2 rings (SSSR count). The first kappa shape index (κ1) is 12.8. The number of ether oxygens (including phenoxy) is 1. The fraction of sp³-hybridized carbons (Fsp3) is 0.308. The zero-order chi connectivity index (χ0) is 13.1. The summed E-state index contributed by atoms with van der Waals surface area (Å²) in [6, 6.07) is 3.72. The highest BCUT2D eigenvalue weighted by Gasteiger charge is 2.09. The van der Waals surface area contributed by atoms with E-state index in [1.54, 1.807) is 13.2 Å². The maximum atomic E-state index is 10.8. The number of carbonyl (C=O) groups is 1. The smallest absolute Gasteiger partial charge is 0.216 e. The summed E-state index contributed by atoms with van der Waals surface area (Å²) < 4.78 is 5.20.